The molecule has 7 heterocycles. The second-order valence-electron chi connectivity index (χ2n) is 18.9. The number of benzene rings is 3. The molecule has 24 heteroatoms. The fourth-order valence-corrected chi connectivity index (χ4v) is 11.7. The number of fused-ring (bicyclic) bond motifs is 2. The first kappa shape index (κ1) is 47.9. The van der Waals surface area contributed by atoms with Gasteiger partial charge in [0.2, 0.25) is 11.8 Å². The second-order valence-corrected chi connectivity index (χ2v) is 20.6. The lowest BCUT2D eigenvalue weighted by atomic mass is 9.85. The molecule has 3 aromatic carbocycles. The van der Waals surface area contributed by atoms with Crippen LogP contribution in [-0.4, -0.2) is 137 Å². The maximum atomic E-state index is 15.8. The molecule has 5 fully saturated rings. The number of hydrogen-bond acceptors (Lipinski definition) is 14. The fraction of sp³-hybridized carbons (Fsp3) is 0.468. The number of aliphatic hydroxyl groups is 1. The van der Waals surface area contributed by atoms with E-state index in [1.54, 1.807) is 22.7 Å². The number of amides is 4. The highest BCUT2D eigenvalue weighted by molar-refractivity contribution is 7.90. The molecule has 10 rings (SSSR count). The van der Waals surface area contributed by atoms with Gasteiger partial charge >= 0.3 is 16.2 Å². The van der Waals surface area contributed by atoms with Crippen LogP contribution in [0.1, 0.15) is 63.0 Å². The predicted molar refractivity (Wildman–Crippen MR) is 252 cm³/mol. The highest BCUT2D eigenvalue weighted by Crippen LogP contribution is 2.42. The number of nitriles is 1. The number of piperidine rings is 2. The quantitative estimate of drug-likeness (QED) is 0.171. The Bertz CT molecular complexity index is 3200. The van der Waals surface area contributed by atoms with Crippen molar-refractivity contribution in [2.24, 2.45) is 7.05 Å². The van der Waals surface area contributed by atoms with Crippen molar-refractivity contribution in [3.63, 3.8) is 0 Å². The average Bonchev–Trinajstić information content (AvgIpc) is 4.08. The fourth-order valence-electron chi connectivity index (χ4n) is 10.4. The van der Waals surface area contributed by atoms with E-state index in [-0.39, 0.29) is 92.5 Å². The van der Waals surface area contributed by atoms with E-state index in [0.29, 0.717) is 74.0 Å². The van der Waals surface area contributed by atoms with Crippen LogP contribution in [0.5, 0.6) is 11.5 Å². The van der Waals surface area contributed by atoms with E-state index in [4.69, 9.17) is 14.2 Å². The van der Waals surface area contributed by atoms with Gasteiger partial charge in [-0.15, -0.1) is 0 Å². The molecule has 3 N–H and O–H groups in total. The molecule has 5 aromatic rings. The van der Waals surface area contributed by atoms with Crippen molar-refractivity contribution in [3.05, 3.63) is 76.3 Å². The number of urea groups is 1. The summed E-state index contributed by atoms with van der Waals surface area (Å²) < 4.78 is 81.5. The molecule has 1 unspecified atom stereocenters. The van der Waals surface area contributed by atoms with Crippen molar-refractivity contribution in [2.75, 3.05) is 74.1 Å². The van der Waals surface area contributed by atoms with Crippen LogP contribution in [0.15, 0.2) is 53.6 Å². The number of anilines is 3. The summed E-state index contributed by atoms with van der Waals surface area (Å²) in [6, 6.07) is 10.3. The maximum absolute atomic E-state index is 15.8. The topological polar surface area (TPSA) is 247 Å². The Balaban J connectivity index is 0.754. The highest BCUT2D eigenvalue weighted by Gasteiger charge is 2.46. The molecular formula is C47H51F2N11O10S. The summed E-state index contributed by atoms with van der Waals surface area (Å²) in [7, 11) is -0.943. The molecule has 71 heavy (non-hydrogen) atoms. The van der Waals surface area contributed by atoms with Crippen molar-refractivity contribution in [2.45, 2.75) is 74.7 Å². The van der Waals surface area contributed by atoms with Crippen LogP contribution in [0, 0.1) is 23.0 Å². The van der Waals surface area contributed by atoms with Gasteiger partial charge in [-0.25, -0.2) is 18.6 Å². The standard InChI is InChI=1S/C47H51F2N11O10S/c1-55-38-21-39(35(49)20-32(38)43(53-55)59-14-8-40(61)52-45(59)64)56-15-9-46(65,10-16-56)23-41(62)57-17-11-47(12-18-57)22-28(26-69-47)60-27-51-36-5-3-29(19-31(36)44(60)63)70-42-33(24-50)37(6-4-34(42)48)54-71(66,67)58-13-7-30(25-58)68-2/h3-6,19-21,27-28,30,54,65H,7-18,22-23,25-26H2,1-2H3,(H,52,61,64)/t28-,30?/m1/s1. The monoisotopic (exact) mass is 999 g/mol. The lowest BCUT2D eigenvalue weighted by Crippen LogP contribution is -2.51. The number of carbonyl (C=O) groups is 3. The SMILES string of the molecule is COC1CCN(S(=O)(=O)Nc2ccc(F)c(Oc3ccc4ncn([C@H]5COC6(CCN(C(=O)CC7(O)CCN(c8cc9c(cc8F)c(N8CCC(=O)NC8=O)nn9C)CC7)CC6)C5)c(=O)c4c3)c2C#N)C1. The first-order chi connectivity index (χ1) is 34.0. The number of halogens is 2. The van der Waals surface area contributed by atoms with Crippen LogP contribution in [0.3, 0.4) is 0 Å². The van der Waals surface area contributed by atoms with E-state index in [9.17, 15) is 38.0 Å². The Morgan fingerprint density at radius 3 is 2.51 bits per heavy atom. The zero-order chi connectivity index (χ0) is 50.0. The highest BCUT2D eigenvalue weighted by atomic mass is 32.2. The first-order valence-corrected chi connectivity index (χ1v) is 24.8. The number of hydrogen-bond donors (Lipinski definition) is 3. The molecule has 5 aliphatic heterocycles. The Hall–Kier alpha value is -6.78. The summed E-state index contributed by atoms with van der Waals surface area (Å²) in [4.78, 5) is 61.3. The summed E-state index contributed by atoms with van der Waals surface area (Å²) in [5, 5.41) is 29.0. The van der Waals surface area contributed by atoms with Crippen molar-refractivity contribution in [1.29, 1.82) is 5.26 Å². The molecule has 5 saturated heterocycles. The largest absolute Gasteiger partial charge is 0.453 e. The number of rotatable bonds is 11. The number of aromatic nitrogens is 4. The van der Waals surface area contributed by atoms with Gasteiger partial charge in [0.15, 0.2) is 17.4 Å². The Kier molecular flexibility index (Phi) is 12.4. The molecular weight excluding hydrogens is 949 g/mol. The third-order valence-electron chi connectivity index (χ3n) is 14.5. The van der Waals surface area contributed by atoms with Gasteiger partial charge in [0.1, 0.15) is 23.2 Å². The van der Waals surface area contributed by atoms with Crippen LogP contribution in [-0.2, 0) is 36.3 Å². The number of likely N-dealkylation sites (tertiary alicyclic amines) is 1. The Labute approximate surface area is 405 Å². The molecule has 2 aromatic heterocycles. The van der Waals surface area contributed by atoms with Crippen LogP contribution in [0.2, 0.25) is 0 Å². The van der Waals surface area contributed by atoms with E-state index in [0.717, 1.165) is 12.1 Å². The summed E-state index contributed by atoms with van der Waals surface area (Å²) >= 11 is 0. The zero-order valence-electron chi connectivity index (χ0n) is 38.9. The van der Waals surface area contributed by atoms with Gasteiger partial charge in [-0.05, 0) is 81.0 Å². The van der Waals surface area contributed by atoms with E-state index >= 15 is 8.78 Å². The minimum atomic E-state index is -4.12. The number of carbonyl (C=O) groups excluding carboxylic acids is 3. The van der Waals surface area contributed by atoms with Crippen LogP contribution >= 0.6 is 0 Å². The molecule has 21 nitrogen and oxygen atoms in total. The summed E-state index contributed by atoms with van der Waals surface area (Å²) in [6.07, 6.45) is 3.58. The molecule has 374 valence electrons. The van der Waals surface area contributed by atoms with Crippen molar-refractivity contribution >= 4 is 67.1 Å². The lowest BCUT2D eigenvalue weighted by Gasteiger charge is -2.42. The number of ether oxygens (including phenoxy) is 3. The van der Waals surface area contributed by atoms with E-state index in [1.807, 2.05) is 11.0 Å². The normalized spacial score (nSPS) is 21.5. The van der Waals surface area contributed by atoms with Crippen molar-refractivity contribution < 1.29 is 50.9 Å². The molecule has 0 bridgehead atoms. The number of nitrogens with one attached hydrogen (secondary N) is 2. The van der Waals surface area contributed by atoms with Gasteiger partial charge in [0, 0.05) is 71.8 Å². The molecule has 5 aliphatic rings. The van der Waals surface area contributed by atoms with E-state index < -0.39 is 62.0 Å². The number of methoxy groups -OCH3 is 1. The van der Waals surface area contributed by atoms with E-state index in [1.165, 1.54) is 51.5 Å². The average molecular weight is 1000 g/mol. The van der Waals surface area contributed by atoms with Gasteiger partial charge in [0.05, 0.1) is 70.5 Å². The number of aryl methyl sites for hydroxylation is 1. The van der Waals surface area contributed by atoms with Gasteiger partial charge < -0.3 is 29.1 Å². The van der Waals surface area contributed by atoms with Crippen LogP contribution < -0.4 is 30.1 Å². The van der Waals surface area contributed by atoms with Crippen LogP contribution in [0.25, 0.3) is 21.8 Å². The van der Waals surface area contributed by atoms with Gasteiger partial charge in [-0.3, -0.25) is 38.6 Å². The third kappa shape index (κ3) is 9.12. The smallest absolute Gasteiger partial charge is 0.329 e. The van der Waals surface area contributed by atoms with Crippen LogP contribution in [0.4, 0.5) is 30.8 Å². The summed E-state index contributed by atoms with van der Waals surface area (Å²) in [5.74, 6) is -2.31. The minimum absolute atomic E-state index is 0.0112. The number of nitrogens with zero attached hydrogens (tertiary/aromatic N) is 9. The molecule has 2 atom stereocenters. The predicted octanol–water partition coefficient (Wildman–Crippen LogP) is 3.79. The molecule has 0 radical (unpaired) electrons. The molecule has 4 amide bonds. The van der Waals surface area contributed by atoms with E-state index in [2.05, 4.69) is 20.1 Å². The second kappa shape index (κ2) is 18.4. The van der Waals surface area contributed by atoms with Gasteiger partial charge in [0.25, 0.3) is 5.56 Å². The van der Waals surface area contributed by atoms with Crippen molar-refractivity contribution in [3.8, 4) is 17.6 Å². The third-order valence-corrected chi connectivity index (χ3v) is 16.0. The summed E-state index contributed by atoms with van der Waals surface area (Å²) in [6.45, 7) is 1.98. The Morgan fingerprint density at radius 2 is 1.79 bits per heavy atom. The maximum Gasteiger partial charge on any atom is 0.329 e. The Morgan fingerprint density at radius 1 is 1.01 bits per heavy atom. The lowest BCUT2D eigenvalue weighted by molar-refractivity contribution is -0.142. The van der Waals surface area contributed by atoms with Gasteiger partial charge in [-0.2, -0.15) is 23.1 Å². The minimum Gasteiger partial charge on any atom is -0.453 e. The number of imide groups is 1. The summed E-state index contributed by atoms with van der Waals surface area (Å²) in [5.41, 5.74) is -1.66. The first-order valence-electron chi connectivity index (χ1n) is 23.3. The van der Waals surface area contributed by atoms with Gasteiger partial charge in [-0.1, -0.05) is 0 Å². The van der Waals surface area contributed by atoms with Crippen molar-refractivity contribution in [1.82, 2.24) is 33.9 Å². The zero-order valence-corrected chi connectivity index (χ0v) is 39.7. The molecule has 0 aliphatic carbocycles. The molecule has 0 saturated carbocycles. The molecule has 1 spiro atoms.